The normalized spacial score (nSPS) is 12.1. The quantitative estimate of drug-likeness (QED) is 0.509. The topological polar surface area (TPSA) is 104 Å². The minimum atomic E-state index is -0.527. The van der Waals surface area contributed by atoms with Crippen LogP contribution in [0, 0.1) is 5.82 Å². The van der Waals surface area contributed by atoms with Gasteiger partial charge in [0, 0.05) is 23.2 Å². The number of aromatic amines is 2. The van der Waals surface area contributed by atoms with E-state index in [9.17, 15) is 14.0 Å². The summed E-state index contributed by atoms with van der Waals surface area (Å²) in [6.45, 7) is 1.73. The van der Waals surface area contributed by atoms with Crippen LogP contribution < -0.4 is 10.9 Å². The molecule has 0 bridgehead atoms. The summed E-state index contributed by atoms with van der Waals surface area (Å²) in [6, 6.07) is 12.0. The molecule has 0 aliphatic heterocycles. The first-order valence-electron chi connectivity index (χ1n) is 8.61. The number of aromatic nitrogens is 4. The van der Waals surface area contributed by atoms with Gasteiger partial charge in [-0.15, -0.1) is 0 Å². The van der Waals surface area contributed by atoms with Crippen LogP contribution in [-0.4, -0.2) is 25.8 Å². The molecule has 8 heteroatoms. The predicted octanol–water partition coefficient (Wildman–Crippen LogP) is 2.94. The van der Waals surface area contributed by atoms with Crippen molar-refractivity contribution in [3.8, 4) is 11.5 Å². The Morgan fingerprint density at radius 1 is 1.14 bits per heavy atom. The summed E-state index contributed by atoms with van der Waals surface area (Å²) in [5, 5.41) is 3.52. The number of fused-ring (bicyclic) bond motifs is 1. The van der Waals surface area contributed by atoms with Crippen molar-refractivity contribution in [3.63, 3.8) is 0 Å². The molecule has 3 N–H and O–H groups in total. The first-order valence-corrected chi connectivity index (χ1v) is 8.61. The largest absolute Gasteiger partial charge is 0.350 e. The second-order valence-corrected chi connectivity index (χ2v) is 6.34. The fourth-order valence-corrected chi connectivity index (χ4v) is 2.89. The smallest absolute Gasteiger partial charge is 0.268 e. The van der Waals surface area contributed by atoms with E-state index < -0.39 is 6.04 Å². The summed E-state index contributed by atoms with van der Waals surface area (Å²) < 4.78 is 13.3. The van der Waals surface area contributed by atoms with Gasteiger partial charge < -0.3 is 15.3 Å². The molecule has 4 rings (SSSR count). The first-order chi connectivity index (χ1) is 13.5. The highest BCUT2D eigenvalue weighted by atomic mass is 19.1. The van der Waals surface area contributed by atoms with Gasteiger partial charge in [0.1, 0.15) is 17.2 Å². The van der Waals surface area contributed by atoms with Crippen LogP contribution in [0.1, 0.15) is 29.1 Å². The van der Waals surface area contributed by atoms with Crippen molar-refractivity contribution < 1.29 is 9.18 Å². The van der Waals surface area contributed by atoms with E-state index in [1.54, 1.807) is 43.5 Å². The maximum Gasteiger partial charge on any atom is 0.268 e. The summed E-state index contributed by atoms with van der Waals surface area (Å²) in [5.41, 5.74) is 1.41. The zero-order chi connectivity index (χ0) is 19.7. The number of benzene rings is 1. The van der Waals surface area contributed by atoms with Crippen LogP contribution in [0.15, 0.2) is 59.5 Å². The Labute approximate surface area is 158 Å². The average Bonchev–Trinajstić information content (AvgIpc) is 3.11. The zero-order valence-corrected chi connectivity index (χ0v) is 14.9. The molecule has 1 aromatic carbocycles. The highest BCUT2D eigenvalue weighted by molar-refractivity contribution is 5.98. The molecule has 28 heavy (non-hydrogen) atoms. The molecule has 4 aromatic rings. The SMILES string of the molecule is C[C@@H](NC(=O)c1cc2ccc(F)cc2[nH]1)c1cc(=O)[nH]c(-c2ccccn2)n1. The van der Waals surface area contributed by atoms with Crippen molar-refractivity contribution in [3.05, 3.63) is 82.3 Å². The molecule has 3 aromatic heterocycles. The number of rotatable bonds is 4. The van der Waals surface area contributed by atoms with Crippen molar-refractivity contribution in [2.24, 2.45) is 0 Å². The maximum absolute atomic E-state index is 13.3. The van der Waals surface area contributed by atoms with Crippen molar-refractivity contribution in [2.75, 3.05) is 0 Å². The maximum atomic E-state index is 13.3. The van der Waals surface area contributed by atoms with Crippen molar-refractivity contribution in [1.82, 2.24) is 25.3 Å². The van der Waals surface area contributed by atoms with Crippen LogP contribution in [0.3, 0.4) is 0 Å². The Morgan fingerprint density at radius 3 is 2.79 bits per heavy atom. The summed E-state index contributed by atoms with van der Waals surface area (Å²) in [4.78, 5) is 38.7. The number of halogens is 1. The number of H-pyrrole nitrogens is 2. The Morgan fingerprint density at radius 2 is 2.00 bits per heavy atom. The van der Waals surface area contributed by atoms with Gasteiger partial charge in [-0.3, -0.25) is 14.6 Å². The lowest BCUT2D eigenvalue weighted by atomic mass is 10.2. The van der Waals surface area contributed by atoms with E-state index in [2.05, 4.69) is 25.3 Å². The summed E-state index contributed by atoms with van der Waals surface area (Å²) in [5.74, 6) is -0.444. The van der Waals surface area contributed by atoms with Crippen molar-refractivity contribution >= 4 is 16.8 Å². The molecule has 1 atom stereocenters. The molecule has 0 unspecified atom stereocenters. The molecule has 0 spiro atoms. The van der Waals surface area contributed by atoms with Gasteiger partial charge in [-0.05, 0) is 43.3 Å². The van der Waals surface area contributed by atoms with Gasteiger partial charge in [-0.2, -0.15) is 0 Å². The minimum absolute atomic E-state index is 0.294. The number of pyridine rings is 1. The highest BCUT2D eigenvalue weighted by Crippen LogP contribution is 2.18. The third-order valence-corrected chi connectivity index (χ3v) is 4.29. The number of hydrogen-bond donors (Lipinski definition) is 3. The van der Waals surface area contributed by atoms with Gasteiger partial charge in [0.15, 0.2) is 5.82 Å². The number of nitrogens with one attached hydrogen (secondary N) is 3. The van der Waals surface area contributed by atoms with E-state index in [0.717, 1.165) is 5.39 Å². The number of carbonyl (C=O) groups excluding carboxylic acids is 1. The monoisotopic (exact) mass is 377 g/mol. The number of nitrogens with zero attached hydrogens (tertiary/aromatic N) is 2. The summed E-state index contributed by atoms with van der Waals surface area (Å²) in [6.07, 6.45) is 1.60. The number of hydrogen-bond acceptors (Lipinski definition) is 4. The molecule has 0 saturated heterocycles. The van der Waals surface area contributed by atoms with Crippen LogP contribution in [0.25, 0.3) is 22.4 Å². The van der Waals surface area contributed by atoms with E-state index in [-0.39, 0.29) is 17.3 Å². The Bertz CT molecular complexity index is 1220. The molecule has 1 amide bonds. The van der Waals surface area contributed by atoms with Crippen molar-refractivity contribution in [2.45, 2.75) is 13.0 Å². The van der Waals surface area contributed by atoms with Gasteiger partial charge in [-0.25, -0.2) is 9.37 Å². The first kappa shape index (κ1) is 17.6. The molecule has 140 valence electrons. The lowest BCUT2D eigenvalue weighted by molar-refractivity contribution is 0.0935. The molecule has 0 radical (unpaired) electrons. The molecular formula is C20H16FN5O2. The average molecular weight is 377 g/mol. The molecule has 7 nitrogen and oxygen atoms in total. The number of amides is 1. The van der Waals surface area contributed by atoms with Crippen LogP contribution in [0.4, 0.5) is 4.39 Å². The Balaban J connectivity index is 1.59. The zero-order valence-electron chi connectivity index (χ0n) is 14.9. The van der Waals surface area contributed by atoms with Crippen molar-refractivity contribution in [1.29, 1.82) is 0 Å². The molecule has 3 heterocycles. The third-order valence-electron chi connectivity index (χ3n) is 4.29. The minimum Gasteiger partial charge on any atom is -0.350 e. The third kappa shape index (κ3) is 3.52. The molecule has 0 saturated carbocycles. The van der Waals surface area contributed by atoms with E-state index >= 15 is 0 Å². The molecular weight excluding hydrogens is 361 g/mol. The van der Waals surface area contributed by atoms with Gasteiger partial charge in [-0.1, -0.05) is 6.07 Å². The van der Waals surface area contributed by atoms with Gasteiger partial charge in [0.05, 0.1) is 11.7 Å². The second-order valence-electron chi connectivity index (χ2n) is 6.34. The Hall–Kier alpha value is -3.81. The summed E-state index contributed by atoms with van der Waals surface area (Å²) in [7, 11) is 0. The fourth-order valence-electron chi connectivity index (χ4n) is 2.89. The lowest BCUT2D eigenvalue weighted by Crippen LogP contribution is -2.28. The fraction of sp³-hybridized carbons (Fsp3) is 0.100. The van der Waals surface area contributed by atoms with Gasteiger partial charge >= 0.3 is 0 Å². The molecule has 0 aliphatic rings. The second kappa shape index (κ2) is 7.07. The van der Waals surface area contributed by atoms with Crippen LogP contribution >= 0.6 is 0 Å². The summed E-state index contributed by atoms with van der Waals surface area (Å²) >= 11 is 0. The van der Waals surface area contributed by atoms with E-state index in [0.29, 0.717) is 28.4 Å². The van der Waals surface area contributed by atoms with Crippen LogP contribution in [0.5, 0.6) is 0 Å². The van der Waals surface area contributed by atoms with Gasteiger partial charge in [0.2, 0.25) is 0 Å². The lowest BCUT2D eigenvalue weighted by Gasteiger charge is -2.13. The highest BCUT2D eigenvalue weighted by Gasteiger charge is 2.16. The molecule has 0 fully saturated rings. The van der Waals surface area contributed by atoms with Gasteiger partial charge in [0.25, 0.3) is 11.5 Å². The number of carbonyl (C=O) groups is 1. The molecule has 0 aliphatic carbocycles. The van der Waals surface area contributed by atoms with Crippen LogP contribution in [0.2, 0.25) is 0 Å². The predicted molar refractivity (Wildman–Crippen MR) is 102 cm³/mol. The van der Waals surface area contributed by atoms with E-state index in [1.807, 2.05) is 0 Å². The van der Waals surface area contributed by atoms with E-state index in [1.165, 1.54) is 18.2 Å². The standard InChI is InChI=1S/C20H16FN5O2/c1-11(15-10-18(27)26-19(25-15)14-4-2-3-7-22-14)23-20(28)17-8-12-5-6-13(21)9-16(12)24-17/h2-11,24H,1H3,(H,23,28)(H,25,26,27)/t11-/m1/s1. The van der Waals surface area contributed by atoms with E-state index in [4.69, 9.17) is 0 Å². The van der Waals surface area contributed by atoms with Crippen LogP contribution in [-0.2, 0) is 0 Å². The Kier molecular flexibility index (Phi) is 4.44.